The van der Waals surface area contributed by atoms with E-state index >= 15 is 0 Å². The molecule has 2 aromatic rings. The number of piperidine rings is 1. The first-order valence-corrected chi connectivity index (χ1v) is 9.19. The topological polar surface area (TPSA) is 70.8 Å². The number of nitrogens with zero attached hydrogens (tertiary/aromatic N) is 1. The second kappa shape index (κ2) is 7.77. The van der Waals surface area contributed by atoms with Crippen LogP contribution in [0.3, 0.4) is 0 Å². The summed E-state index contributed by atoms with van der Waals surface area (Å²) in [6, 6.07) is 9.01. The first-order chi connectivity index (χ1) is 12.5. The maximum absolute atomic E-state index is 12.6. The third-order valence-corrected chi connectivity index (χ3v) is 5.21. The number of aromatic carboxylic acids is 1. The van der Waals surface area contributed by atoms with Crippen molar-refractivity contribution in [3.05, 3.63) is 58.5 Å². The van der Waals surface area contributed by atoms with Crippen molar-refractivity contribution in [3.63, 3.8) is 0 Å². The van der Waals surface area contributed by atoms with Gasteiger partial charge in [-0.3, -0.25) is 4.79 Å². The smallest absolute Gasteiger partial charge is 0.335 e. The van der Waals surface area contributed by atoms with Gasteiger partial charge in [0.1, 0.15) is 5.76 Å². The molecule has 0 aliphatic carbocycles. The summed E-state index contributed by atoms with van der Waals surface area (Å²) in [6.45, 7) is 5.34. The lowest BCUT2D eigenvalue weighted by Crippen LogP contribution is -2.38. The molecule has 2 heterocycles. The highest BCUT2D eigenvalue weighted by Gasteiger charge is 2.26. The summed E-state index contributed by atoms with van der Waals surface area (Å²) in [7, 11) is 0. The Labute approximate surface area is 153 Å². The van der Waals surface area contributed by atoms with Crippen molar-refractivity contribution in [2.24, 2.45) is 5.92 Å². The summed E-state index contributed by atoms with van der Waals surface area (Å²) in [5, 5.41) is 9.32. The normalized spacial score (nSPS) is 15.2. The van der Waals surface area contributed by atoms with Crippen LogP contribution in [-0.2, 0) is 12.8 Å². The molecule has 0 saturated carbocycles. The van der Waals surface area contributed by atoms with Crippen molar-refractivity contribution in [1.82, 2.24) is 4.90 Å². The van der Waals surface area contributed by atoms with E-state index in [-0.39, 0.29) is 5.91 Å². The van der Waals surface area contributed by atoms with Crippen molar-refractivity contribution in [2.45, 2.75) is 39.5 Å². The molecule has 0 bridgehead atoms. The van der Waals surface area contributed by atoms with E-state index in [2.05, 4.69) is 0 Å². The Morgan fingerprint density at radius 1 is 1.23 bits per heavy atom. The van der Waals surface area contributed by atoms with Gasteiger partial charge in [0.15, 0.2) is 5.76 Å². The van der Waals surface area contributed by atoms with Crippen LogP contribution in [0.2, 0.25) is 0 Å². The summed E-state index contributed by atoms with van der Waals surface area (Å²) >= 11 is 0. The summed E-state index contributed by atoms with van der Waals surface area (Å²) in [6.07, 6.45) is 3.27. The summed E-state index contributed by atoms with van der Waals surface area (Å²) in [5.41, 5.74) is 2.28. The van der Waals surface area contributed by atoms with Gasteiger partial charge in [0, 0.05) is 19.5 Å². The van der Waals surface area contributed by atoms with Crippen molar-refractivity contribution in [2.75, 3.05) is 13.1 Å². The van der Waals surface area contributed by atoms with E-state index in [1.807, 2.05) is 36.9 Å². The second-order valence-electron chi connectivity index (χ2n) is 6.97. The number of carboxylic acid groups (broad SMARTS) is 1. The molecule has 0 unspecified atom stereocenters. The largest absolute Gasteiger partial charge is 0.478 e. The van der Waals surface area contributed by atoms with Crippen molar-refractivity contribution in [3.8, 4) is 0 Å². The number of furan rings is 1. The lowest BCUT2D eigenvalue weighted by Gasteiger charge is -2.31. The molecule has 1 amide bonds. The van der Waals surface area contributed by atoms with Gasteiger partial charge in [-0.15, -0.1) is 0 Å². The minimum absolute atomic E-state index is 0.0443. The lowest BCUT2D eigenvalue weighted by molar-refractivity contribution is 0.0656. The number of likely N-dealkylation sites (tertiary alicyclic amines) is 1. The van der Waals surface area contributed by atoms with E-state index in [0.29, 0.717) is 30.3 Å². The van der Waals surface area contributed by atoms with Crippen LogP contribution < -0.4 is 0 Å². The number of carbonyl (C=O) groups excluding carboxylic acids is 1. The number of rotatable bonds is 5. The number of amides is 1. The maximum Gasteiger partial charge on any atom is 0.335 e. The quantitative estimate of drug-likeness (QED) is 0.882. The Bertz CT molecular complexity index is 800. The van der Waals surface area contributed by atoms with Crippen molar-refractivity contribution in [1.29, 1.82) is 0 Å². The number of carboxylic acids is 1. The average Bonchev–Trinajstić information content (AvgIpc) is 3.03. The molecular formula is C21H25NO4. The zero-order valence-electron chi connectivity index (χ0n) is 15.3. The Hall–Kier alpha value is -2.56. The molecule has 5 nitrogen and oxygen atoms in total. The first kappa shape index (κ1) is 18.2. The van der Waals surface area contributed by atoms with Gasteiger partial charge < -0.3 is 14.4 Å². The van der Waals surface area contributed by atoms with E-state index in [1.54, 1.807) is 12.1 Å². The Morgan fingerprint density at radius 3 is 2.54 bits per heavy atom. The molecule has 1 saturated heterocycles. The van der Waals surface area contributed by atoms with Crippen LogP contribution in [0.25, 0.3) is 0 Å². The summed E-state index contributed by atoms with van der Waals surface area (Å²) < 4.78 is 5.69. The highest BCUT2D eigenvalue weighted by atomic mass is 16.4. The fourth-order valence-corrected chi connectivity index (χ4v) is 3.69. The standard InChI is InChI=1S/C21H25NO4/c1-3-18-14(2)12-19(26-18)20(23)22-10-8-15(9-11-22)13-16-6-4-5-7-17(16)21(24)25/h4-7,12,15H,3,8-11,13H2,1-2H3,(H,24,25). The van der Waals surface area contributed by atoms with Crippen LogP contribution in [-0.4, -0.2) is 35.0 Å². The minimum Gasteiger partial charge on any atom is -0.478 e. The lowest BCUT2D eigenvalue weighted by atomic mass is 9.88. The molecule has 0 atom stereocenters. The van der Waals surface area contributed by atoms with Gasteiger partial charge in [-0.1, -0.05) is 25.1 Å². The van der Waals surface area contributed by atoms with Crippen LogP contribution in [0.5, 0.6) is 0 Å². The van der Waals surface area contributed by atoms with E-state index < -0.39 is 5.97 Å². The highest BCUT2D eigenvalue weighted by Crippen LogP contribution is 2.25. The molecule has 1 fully saturated rings. The monoisotopic (exact) mass is 355 g/mol. The minimum atomic E-state index is -0.881. The molecule has 0 radical (unpaired) electrons. The van der Waals surface area contributed by atoms with E-state index in [9.17, 15) is 14.7 Å². The second-order valence-corrected chi connectivity index (χ2v) is 6.97. The molecule has 1 N–H and O–H groups in total. The molecule has 3 rings (SSSR count). The molecule has 138 valence electrons. The average molecular weight is 355 g/mol. The van der Waals surface area contributed by atoms with Crippen LogP contribution in [0, 0.1) is 12.8 Å². The van der Waals surface area contributed by atoms with E-state index in [0.717, 1.165) is 42.6 Å². The van der Waals surface area contributed by atoms with Crippen LogP contribution >= 0.6 is 0 Å². The SMILES string of the molecule is CCc1oc(C(=O)N2CCC(Cc3ccccc3C(=O)O)CC2)cc1C. The van der Waals surface area contributed by atoms with E-state index in [4.69, 9.17) is 4.42 Å². The summed E-state index contributed by atoms with van der Waals surface area (Å²) in [5.74, 6) is 0.761. The zero-order valence-corrected chi connectivity index (χ0v) is 15.3. The first-order valence-electron chi connectivity index (χ1n) is 9.19. The predicted octanol–water partition coefficient (Wildman–Crippen LogP) is 3.94. The van der Waals surface area contributed by atoms with Crippen molar-refractivity contribution >= 4 is 11.9 Å². The predicted molar refractivity (Wildman–Crippen MR) is 98.6 cm³/mol. The zero-order chi connectivity index (χ0) is 18.7. The Kier molecular flexibility index (Phi) is 5.45. The number of carbonyl (C=O) groups is 2. The molecule has 5 heteroatoms. The number of benzene rings is 1. The number of hydrogen-bond acceptors (Lipinski definition) is 3. The molecule has 1 aromatic heterocycles. The van der Waals surface area contributed by atoms with Gasteiger partial charge in [-0.2, -0.15) is 0 Å². The van der Waals surface area contributed by atoms with Crippen LogP contribution in [0.15, 0.2) is 34.7 Å². The molecule has 1 aliphatic heterocycles. The molecule has 1 aliphatic rings. The maximum atomic E-state index is 12.6. The summed E-state index contributed by atoms with van der Waals surface area (Å²) in [4.78, 5) is 25.8. The fraction of sp³-hybridized carbons (Fsp3) is 0.429. The van der Waals surface area contributed by atoms with Gasteiger partial charge in [0.25, 0.3) is 5.91 Å². The third kappa shape index (κ3) is 3.82. The number of hydrogen-bond donors (Lipinski definition) is 1. The number of aryl methyl sites for hydroxylation is 2. The van der Waals surface area contributed by atoms with Gasteiger partial charge in [-0.05, 0) is 55.4 Å². The van der Waals surface area contributed by atoms with Gasteiger partial charge in [0.2, 0.25) is 0 Å². The molecule has 1 aromatic carbocycles. The molecular weight excluding hydrogens is 330 g/mol. The molecule has 26 heavy (non-hydrogen) atoms. The molecule has 0 spiro atoms. The Morgan fingerprint density at radius 2 is 1.92 bits per heavy atom. The Balaban J connectivity index is 1.61. The van der Waals surface area contributed by atoms with E-state index in [1.165, 1.54) is 0 Å². The highest BCUT2D eigenvalue weighted by molar-refractivity contribution is 5.92. The van der Waals surface area contributed by atoms with Gasteiger partial charge in [0.05, 0.1) is 5.56 Å². The van der Waals surface area contributed by atoms with Crippen LogP contribution in [0.1, 0.15) is 57.6 Å². The van der Waals surface area contributed by atoms with Gasteiger partial charge in [-0.25, -0.2) is 4.79 Å². The third-order valence-electron chi connectivity index (χ3n) is 5.21. The van der Waals surface area contributed by atoms with Crippen molar-refractivity contribution < 1.29 is 19.1 Å². The fourth-order valence-electron chi connectivity index (χ4n) is 3.69. The van der Waals surface area contributed by atoms with Gasteiger partial charge >= 0.3 is 5.97 Å². The van der Waals surface area contributed by atoms with Crippen LogP contribution in [0.4, 0.5) is 0 Å².